The lowest BCUT2D eigenvalue weighted by Gasteiger charge is -2.33. The predicted molar refractivity (Wildman–Crippen MR) is 101 cm³/mol. The molecule has 3 aliphatic rings. The van der Waals surface area contributed by atoms with Gasteiger partial charge in [-0.2, -0.15) is 10.2 Å². The van der Waals surface area contributed by atoms with Gasteiger partial charge in [0.05, 0.1) is 24.3 Å². The first-order chi connectivity index (χ1) is 12.3. The van der Waals surface area contributed by atoms with Gasteiger partial charge >= 0.3 is 6.03 Å². The van der Waals surface area contributed by atoms with Crippen molar-refractivity contribution in [2.45, 2.75) is 25.9 Å². The number of carbonyl (C=O) groups is 3. The molecule has 26 heavy (non-hydrogen) atoms. The molecule has 7 nitrogen and oxygen atoms in total. The number of benzene rings is 1. The first-order valence-electron chi connectivity index (χ1n) is 8.53. The highest BCUT2D eigenvalue weighted by Crippen LogP contribution is 2.44. The zero-order valence-electron chi connectivity index (χ0n) is 14.5. The minimum atomic E-state index is -0.516. The van der Waals surface area contributed by atoms with Gasteiger partial charge in [0.25, 0.3) is 5.91 Å². The van der Waals surface area contributed by atoms with Crippen LogP contribution in [0, 0.1) is 20.8 Å². The summed E-state index contributed by atoms with van der Waals surface area (Å²) in [6.45, 7) is 5.13. The van der Waals surface area contributed by atoms with Crippen LogP contribution >= 0.6 is 22.6 Å². The third-order valence-corrected chi connectivity index (χ3v) is 6.58. The van der Waals surface area contributed by atoms with Crippen molar-refractivity contribution in [1.82, 2.24) is 4.90 Å². The van der Waals surface area contributed by atoms with Gasteiger partial charge in [0.1, 0.15) is 12.7 Å². The molecule has 0 N–H and O–H groups in total. The van der Waals surface area contributed by atoms with Crippen LogP contribution in [0.3, 0.4) is 0 Å². The van der Waals surface area contributed by atoms with Crippen molar-refractivity contribution < 1.29 is 18.9 Å². The smallest absolute Gasteiger partial charge is 0.293 e. The summed E-state index contributed by atoms with van der Waals surface area (Å²) in [4.78, 5) is 42.5. The zero-order valence-corrected chi connectivity index (χ0v) is 16.6. The lowest BCUT2D eigenvalue weighted by Crippen LogP contribution is -2.63. The number of piperazine rings is 1. The Bertz CT molecular complexity index is 893. The van der Waals surface area contributed by atoms with E-state index in [1.54, 1.807) is 18.2 Å². The first kappa shape index (κ1) is 17.6. The maximum Gasteiger partial charge on any atom is 0.433 e. The summed E-state index contributed by atoms with van der Waals surface area (Å²) in [7, 11) is 0. The fourth-order valence-electron chi connectivity index (χ4n) is 4.42. The van der Waals surface area contributed by atoms with E-state index >= 15 is 0 Å². The van der Waals surface area contributed by atoms with E-state index in [-0.39, 0.29) is 28.1 Å². The average molecular weight is 465 g/mol. The van der Waals surface area contributed by atoms with E-state index in [9.17, 15) is 14.4 Å². The second kappa shape index (κ2) is 5.84. The molecular weight excluding hydrogens is 447 g/mol. The molecule has 1 spiro atoms. The number of nitriles is 1. The molecule has 2 bridgehead atoms. The number of rotatable bonds is 3. The van der Waals surface area contributed by atoms with E-state index in [1.165, 1.54) is 4.90 Å². The van der Waals surface area contributed by atoms with Crippen LogP contribution in [-0.4, -0.2) is 58.9 Å². The monoisotopic (exact) mass is 465 g/mol. The highest BCUT2D eigenvalue weighted by molar-refractivity contribution is 14.1. The fourth-order valence-corrected chi connectivity index (χ4v) is 5.04. The molecule has 134 valence electrons. The summed E-state index contributed by atoms with van der Waals surface area (Å²) in [5, 5.41) is 9.09. The molecule has 3 amide bonds. The first-order valence-corrected chi connectivity index (χ1v) is 9.60. The molecule has 3 aliphatic heterocycles. The highest BCUT2D eigenvalue weighted by Gasteiger charge is 2.73. The molecule has 3 saturated heterocycles. The van der Waals surface area contributed by atoms with Crippen molar-refractivity contribution in [3.63, 3.8) is 0 Å². The third kappa shape index (κ3) is 2.14. The summed E-state index contributed by atoms with van der Waals surface area (Å²) in [6, 6.07) is 5.70. The molecule has 1 aromatic rings. The number of quaternary nitrogens is 1. The largest absolute Gasteiger partial charge is 0.433 e. The quantitative estimate of drug-likeness (QED) is 0.386. The molecule has 3 unspecified atom stereocenters. The van der Waals surface area contributed by atoms with Crippen molar-refractivity contribution in [2.24, 2.45) is 5.92 Å². The summed E-state index contributed by atoms with van der Waals surface area (Å²) < 4.78 is 0.597. The summed E-state index contributed by atoms with van der Waals surface area (Å²) in [6.07, 6.45) is 0. The Morgan fingerprint density at radius 2 is 2.08 bits per heavy atom. The van der Waals surface area contributed by atoms with Crippen LogP contribution < -0.4 is 4.90 Å². The van der Waals surface area contributed by atoms with Gasteiger partial charge < -0.3 is 0 Å². The normalized spacial score (nSPS) is 32.3. The van der Waals surface area contributed by atoms with Gasteiger partial charge in [-0.15, -0.1) is 0 Å². The molecule has 0 saturated carbocycles. The van der Waals surface area contributed by atoms with Crippen molar-refractivity contribution in [1.29, 1.82) is 5.26 Å². The summed E-state index contributed by atoms with van der Waals surface area (Å²) in [5.74, 6) is -0.393. The molecule has 4 rings (SSSR count). The van der Waals surface area contributed by atoms with Crippen molar-refractivity contribution >= 4 is 46.0 Å². The zero-order chi connectivity index (χ0) is 18.8. The summed E-state index contributed by atoms with van der Waals surface area (Å²) >= 11 is 2.03. The maximum absolute atomic E-state index is 13.4. The van der Waals surface area contributed by atoms with Crippen LogP contribution in [0.15, 0.2) is 18.2 Å². The van der Waals surface area contributed by atoms with E-state index in [4.69, 9.17) is 5.26 Å². The van der Waals surface area contributed by atoms with Gasteiger partial charge in [-0.3, -0.25) is 9.59 Å². The Labute approximate surface area is 164 Å². The van der Waals surface area contributed by atoms with Gasteiger partial charge in [-0.05, 0) is 40.8 Å². The van der Waals surface area contributed by atoms with Crippen LogP contribution in [0.4, 0.5) is 10.5 Å². The Morgan fingerprint density at radius 1 is 1.35 bits per heavy atom. The molecule has 3 heterocycles. The van der Waals surface area contributed by atoms with E-state index in [0.717, 1.165) is 0 Å². The third-order valence-electron chi connectivity index (χ3n) is 5.69. The highest BCUT2D eigenvalue weighted by atomic mass is 127. The van der Waals surface area contributed by atoms with Crippen molar-refractivity contribution in [3.05, 3.63) is 27.3 Å². The Kier molecular flexibility index (Phi) is 3.95. The van der Waals surface area contributed by atoms with Crippen LogP contribution in [-0.2, 0) is 9.59 Å². The maximum atomic E-state index is 13.4. The SMILES string of the molecule is CC(C)C(=O)C1C[N@@]2CC3C(=O)N(c4ccc(C#N)c(I)c4)C(=O)[N+]13C2. The molecule has 0 radical (unpaired) electrons. The minimum Gasteiger partial charge on any atom is -0.293 e. The summed E-state index contributed by atoms with van der Waals surface area (Å²) in [5.41, 5.74) is 0.973. The Balaban J connectivity index is 1.77. The number of Topliss-reactive ketones (excluding diaryl/α,β-unsaturated/α-hetero) is 1. The van der Waals surface area contributed by atoms with Gasteiger partial charge in [0, 0.05) is 9.49 Å². The van der Waals surface area contributed by atoms with E-state index in [2.05, 4.69) is 6.07 Å². The number of hydrogen-bond donors (Lipinski definition) is 0. The van der Waals surface area contributed by atoms with Crippen molar-refractivity contribution in [3.8, 4) is 6.07 Å². The molecule has 0 aliphatic carbocycles. The lowest BCUT2D eigenvalue weighted by atomic mass is 9.97. The average Bonchev–Trinajstić information content (AvgIpc) is 3.23. The minimum absolute atomic E-state index is 0.0367. The molecule has 0 aromatic heterocycles. The van der Waals surface area contributed by atoms with Crippen molar-refractivity contribution in [2.75, 3.05) is 24.7 Å². The molecule has 8 heteroatoms. The number of ketones is 1. The molecular formula is C18H18IN4O3+. The number of carbonyl (C=O) groups excluding carboxylic acids is 3. The van der Waals surface area contributed by atoms with Gasteiger partial charge in [-0.1, -0.05) is 13.8 Å². The molecule has 3 fully saturated rings. The van der Waals surface area contributed by atoms with Crippen LogP contribution in [0.2, 0.25) is 0 Å². The number of hydrogen-bond acceptors (Lipinski definition) is 5. The predicted octanol–water partition coefficient (Wildman–Crippen LogP) is 1.70. The van der Waals surface area contributed by atoms with Crippen LogP contribution in [0.1, 0.15) is 19.4 Å². The second-order valence-electron chi connectivity index (χ2n) is 7.43. The number of nitrogens with zero attached hydrogens (tertiary/aromatic N) is 4. The van der Waals surface area contributed by atoms with Crippen LogP contribution in [0.5, 0.6) is 0 Å². The standard InChI is InChI=1S/C18H18IN4O3/c1-10(2)16(24)14-7-21-8-15-17(25)22(18(26)23(14,15)9-21)12-4-3-11(6-20)13(19)5-12/h3-5,10,14-15H,7-9H2,1-2H3/q+1. The molecule has 4 atom stereocenters. The van der Waals surface area contributed by atoms with Gasteiger partial charge in [-0.25, -0.2) is 14.2 Å². The number of anilines is 1. The Hall–Kier alpha value is -1.83. The van der Waals surface area contributed by atoms with E-state index in [0.29, 0.717) is 34.6 Å². The number of halogens is 1. The van der Waals surface area contributed by atoms with Gasteiger partial charge in [0.15, 0.2) is 17.9 Å². The van der Waals surface area contributed by atoms with Gasteiger partial charge in [0.2, 0.25) is 0 Å². The van der Waals surface area contributed by atoms with E-state index < -0.39 is 12.1 Å². The van der Waals surface area contributed by atoms with Crippen LogP contribution in [0.25, 0.3) is 0 Å². The second-order valence-corrected chi connectivity index (χ2v) is 8.59. The molecule has 1 aromatic carbocycles. The Morgan fingerprint density at radius 3 is 2.69 bits per heavy atom. The van der Waals surface area contributed by atoms with E-state index in [1.807, 2.05) is 41.3 Å². The number of urea groups is 1. The topological polar surface area (TPSA) is 81.5 Å². The number of amides is 3. The fraction of sp³-hybridized carbons (Fsp3) is 0.444. The number of imide groups is 1. The lowest BCUT2D eigenvalue weighted by molar-refractivity contribution is -0.853. The number of fused-ring (bicyclic) bond motifs is 1.